The summed E-state index contributed by atoms with van der Waals surface area (Å²) in [6, 6.07) is 0. The van der Waals surface area contributed by atoms with Crippen LogP contribution in [-0.2, 0) is 9.53 Å². The summed E-state index contributed by atoms with van der Waals surface area (Å²) in [4.78, 5) is 10.9. The average Bonchev–Trinajstić information content (AvgIpc) is 2.13. The first-order chi connectivity index (χ1) is 6.52. The molecule has 84 valence electrons. The molecular formula is C10H21NO3. The van der Waals surface area contributed by atoms with Crippen LogP contribution in [0.15, 0.2) is 0 Å². The first-order valence-electron chi connectivity index (χ1n) is 5.10. The summed E-state index contributed by atoms with van der Waals surface area (Å²) in [7, 11) is 0. The van der Waals surface area contributed by atoms with E-state index in [2.05, 4.69) is 5.32 Å². The normalized spacial score (nSPS) is 14.9. The van der Waals surface area contributed by atoms with Gasteiger partial charge in [-0.1, -0.05) is 6.92 Å². The van der Waals surface area contributed by atoms with Crippen molar-refractivity contribution < 1.29 is 14.6 Å². The maximum absolute atomic E-state index is 10.9. The molecular weight excluding hydrogens is 182 g/mol. The van der Waals surface area contributed by atoms with Crippen LogP contribution >= 0.6 is 0 Å². The first-order valence-corrected chi connectivity index (χ1v) is 5.10. The highest BCUT2D eigenvalue weighted by Crippen LogP contribution is 2.05. The third-order valence-electron chi connectivity index (χ3n) is 2.08. The summed E-state index contributed by atoms with van der Waals surface area (Å²) in [5.74, 6) is -0.198. The zero-order valence-corrected chi connectivity index (χ0v) is 9.30. The van der Waals surface area contributed by atoms with E-state index in [1.807, 2.05) is 6.92 Å². The van der Waals surface area contributed by atoms with Crippen LogP contribution in [0.3, 0.4) is 0 Å². The van der Waals surface area contributed by atoms with Gasteiger partial charge in [-0.15, -0.1) is 0 Å². The Labute approximate surface area is 85.6 Å². The molecule has 0 aromatic rings. The number of rotatable bonds is 7. The Balaban J connectivity index is 3.42. The van der Waals surface area contributed by atoms with Crippen molar-refractivity contribution in [2.45, 2.75) is 39.2 Å². The van der Waals surface area contributed by atoms with Gasteiger partial charge in [-0.2, -0.15) is 0 Å². The summed E-state index contributed by atoms with van der Waals surface area (Å²) in [5.41, 5.74) is -0.686. The maximum atomic E-state index is 10.9. The molecule has 0 aliphatic carbocycles. The molecule has 0 saturated carbocycles. The Morgan fingerprint density at radius 2 is 2.14 bits per heavy atom. The highest BCUT2D eigenvalue weighted by molar-refractivity contribution is 5.69. The molecule has 0 radical (unpaired) electrons. The predicted octanol–water partition coefficient (Wildman–Crippen LogP) is 0.690. The van der Waals surface area contributed by atoms with Gasteiger partial charge in [-0.05, 0) is 20.3 Å². The van der Waals surface area contributed by atoms with E-state index < -0.39 is 5.60 Å². The Bertz CT molecular complexity index is 169. The van der Waals surface area contributed by atoms with E-state index in [1.165, 1.54) is 0 Å². The molecule has 0 fully saturated rings. The fourth-order valence-corrected chi connectivity index (χ4v) is 0.906. The zero-order chi connectivity index (χ0) is 11.0. The number of aliphatic hydroxyl groups is 1. The fourth-order valence-electron chi connectivity index (χ4n) is 0.906. The number of nitrogens with one attached hydrogen (secondary N) is 1. The topological polar surface area (TPSA) is 58.6 Å². The minimum Gasteiger partial charge on any atom is -0.466 e. The molecule has 4 heteroatoms. The minimum absolute atomic E-state index is 0.198. The van der Waals surface area contributed by atoms with Gasteiger partial charge in [-0.3, -0.25) is 4.79 Å². The van der Waals surface area contributed by atoms with Gasteiger partial charge in [0, 0.05) is 13.1 Å². The quantitative estimate of drug-likeness (QED) is 0.472. The van der Waals surface area contributed by atoms with Crippen LogP contribution in [0.25, 0.3) is 0 Å². The number of hydrogen-bond donors (Lipinski definition) is 2. The fraction of sp³-hybridized carbons (Fsp3) is 0.900. The van der Waals surface area contributed by atoms with Crippen molar-refractivity contribution in [3.8, 4) is 0 Å². The average molecular weight is 203 g/mol. The number of carbonyl (C=O) groups excluding carboxylic acids is 1. The van der Waals surface area contributed by atoms with Crippen LogP contribution in [0.1, 0.15) is 33.6 Å². The summed E-state index contributed by atoms with van der Waals surface area (Å²) in [5, 5.41) is 12.6. The maximum Gasteiger partial charge on any atom is 0.307 e. The van der Waals surface area contributed by atoms with E-state index in [0.29, 0.717) is 32.5 Å². The van der Waals surface area contributed by atoms with E-state index in [1.54, 1.807) is 13.8 Å². The number of carbonyl (C=O) groups is 1. The van der Waals surface area contributed by atoms with Crippen molar-refractivity contribution in [1.29, 1.82) is 0 Å². The highest BCUT2D eigenvalue weighted by Gasteiger charge is 2.16. The van der Waals surface area contributed by atoms with Gasteiger partial charge < -0.3 is 15.2 Å². The third-order valence-corrected chi connectivity index (χ3v) is 2.08. The SMILES string of the molecule is CCOC(=O)CCNCC(C)(O)CC. The van der Waals surface area contributed by atoms with Crippen LogP contribution in [0, 0.1) is 0 Å². The minimum atomic E-state index is -0.686. The van der Waals surface area contributed by atoms with Gasteiger partial charge in [0.15, 0.2) is 0 Å². The van der Waals surface area contributed by atoms with Gasteiger partial charge in [-0.25, -0.2) is 0 Å². The van der Waals surface area contributed by atoms with Crippen LogP contribution in [0.4, 0.5) is 0 Å². The van der Waals surface area contributed by atoms with Crippen molar-refractivity contribution >= 4 is 5.97 Å². The second kappa shape index (κ2) is 6.79. The van der Waals surface area contributed by atoms with Crippen LogP contribution in [0.5, 0.6) is 0 Å². The Morgan fingerprint density at radius 3 is 2.64 bits per heavy atom. The first kappa shape index (κ1) is 13.4. The molecule has 2 N–H and O–H groups in total. The van der Waals surface area contributed by atoms with Crippen molar-refractivity contribution in [1.82, 2.24) is 5.32 Å². The summed E-state index contributed by atoms with van der Waals surface area (Å²) < 4.78 is 4.76. The van der Waals surface area contributed by atoms with E-state index in [9.17, 15) is 9.90 Å². The second-order valence-corrected chi connectivity index (χ2v) is 3.58. The highest BCUT2D eigenvalue weighted by atomic mass is 16.5. The van der Waals surface area contributed by atoms with E-state index in [4.69, 9.17) is 4.74 Å². The van der Waals surface area contributed by atoms with Gasteiger partial charge >= 0.3 is 5.97 Å². The monoisotopic (exact) mass is 203 g/mol. The van der Waals surface area contributed by atoms with Crippen LogP contribution in [-0.4, -0.2) is 36.4 Å². The lowest BCUT2D eigenvalue weighted by Crippen LogP contribution is -2.38. The van der Waals surface area contributed by atoms with Gasteiger partial charge in [0.1, 0.15) is 0 Å². The lowest BCUT2D eigenvalue weighted by atomic mass is 10.0. The van der Waals surface area contributed by atoms with Crippen molar-refractivity contribution in [3.05, 3.63) is 0 Å². The molecule has 14 heavy (non-hydrogen) atoms. The van der Waals surface area contributed by atoms with E-state index in [0.717, 1.165) is 0 Å². The standard InChI is InChI=1S/C10H21NO3/c1-4-10(3,13)8-11-7-6-9(12)14-5-2/h11,13H,4-8H2,1-3H3. The number of hydrogen-bond acceptors (Lipinski definition) is 4. The molecule has 0 bridgehead atoms. The molecule has 0 amide bonds. The number of ether oxygens (including phenoxy) is 1. The Kier molecular flexibility index (Phi) is 6.49. The van der Waals surface area contributed by atoms with E-state index in [-0.39, 0.29) is 5.97 Å². The molecule has 1 unspecified atom stereocenters. The Morgan fingerprint density at radius 1 is 1.50 bits per heavy atom. The Hall–Kier alpha value is -0.610. The van der Waals surface area contributed by atoms with Gasteiger partial charge in [0.05, 0.1) is 18.6 Å². The molecule has 0 saturated heterocycles. The molecule has 1 atom stereocenters. The molecule has 0 heterocycles. The molecule has 0 aromatic heterocycles. The second-order valence-electron chi connectivity index (χ2n) is 3.58. The molecule has 0 spiro atoms. The van der Waals surface area contributed by atoms with E-state index >= 15 is 0 Å². The summed E-state index contributed by atoms with van der Waals surface area (Å²) in [6.07, 6.45) is 1.05. The van der Waals surface area contributed by atoms with Gasteiger partial charge in [0.25, 0.3) is 0 Å². The largest absolute Gasteiger partial charge is 0.466 e. The molecule has 0 rings (SSSR count). The molecule has 0 aromatic carbocycles. The molecule has 4 nitrogen and oxygen atoms in total. The summed E-state index contributed by atoms with van der Waals surface area (Å²) >= 11 is 0. The summed E-state index contributed by atoms with van der Waals surface area (Å²) in [6.45, 7) is 6.95. The van der Waals surface area contributed by atoms with Gasteiger partial charge in [0.2, 0.25) is 0 Å². The predicted molar refractivity (Wildman–Crippen MR) is 55.0 cm³/mol. The van der Waals surface area contributed by atoms with Crippen LogP contribution < -0.4 is 5.32 Å². The van der Waals surface area contributed by atoms with Crippen molar-refractivity contribution in [2.24, 2.45) is 0 Å². The molecule has 0 aliphatic rings. The third kappa shape index (κ3) is 6.86. The number of esters is 1. The lowest BCUT2D eigenvalue weighted by molar-refractivity contribution is -0.143. The lowest BCUT2D eigenvalue weighted by Gasteiger charge is -2.21. The smallest absolute Gasteiger partial charge is 0.307 e. The molecule has 0 aliphatic heterocycles. The van der Waals surface area contributed by atoms with Crippen molar-refractivity contribution in [2.75, 3.05) is 19.7 Å². The van der Waals surface area contributed by atoms with Crippen LogP contribution in [0.2, 0.25) is 0 Å². The van der Waals surface area contributed by atoms with Crippen molar-refractivity contribution in [3.63, 3.8) is 0 Å². The zero-order valence-electron chi connectivity index (χ0n) is 9.30.